The highest BCUT2D eigenvalue weighted by Crippen LogP contribution is 2.30. The molecule has 1 rings (SSSR count). The molecule has 0 heterocycles. The fourth-order valence-corrected chi connectivity index (χ4v) is 2.51. The Balaban J connectivity index is 2.23. The summed E-state index contributed by atoms with van der Waals surface area (Å²) in [6.07, 6.45) is 7.26. The average molecular weight is 213 g/mol. The predicted molar refractivity (Wildman–Crippen MR) is 65.1 cm³/mol. The first-order chi connectivity index (χ1) is 7.24. The van der Waals surface area contributed by atoms with Crippen molar-refractivity contribution in [3.63, 3.8) is 0 Å². The van der Waals surface area contributed by atoms with Crippen molar-refractivity contribution < 1.29 is 4.74 Å². The maximum Gasteiger partial charge on any atom is 0.0615 e. The summed E-state index contributed by atoms with van der Waals surface area (Å²) in [5, 5.41) is 3.48. The molecule has 1 aliphatic carbocycles. The highest BCUT2D eigenvalue weighted by Gasteiger charge is 2.24. The van der Waals surface area contributed by atoms with Gasteiger partial charge >= 0.3 is 0 Å². The molecule has 90 valence electrons. The van der Waals surface area contributed by atoms with Crippen LogP contribution in [0.4, 0.5) is 0 Å². The van der Waals surface area contributed by atoms with Crippen molar-refractivity contribution in [2.45, 2.75) is 65.0 Å². The second kappa shape index (κ2) is 7.24. The Bertz CT molecular complexity index is 153. The van der Waals surface area contributed by atoms with E-state index in [1.807, 2.05) is 0 Å². The monoisotopic (exact) mass is 213 g/mol. The average Bonchev–Trinajstić information content (AvgIpc) is 2.68. The molecular weight excluding hydrogens is 186 g/mol. The Hall–Kier alpha value is -0.0800. The molecule has 0 aliphatic heterocycles. The maximum absolute atomic E-state index is 5.87. The van der Waals surface area contributed by atoms with Crippen molar-refractivity contribution >= 4 is 0 Å². The van der Waals surface area contributed by atoms with E-state index in [1.54, 1.807) is 0 Å². The van der Waals surface area contributed by atoms with Crippen LogP contribution >= 0.6 is 0 Å². The van der Waals surface area contributed by atoms with Crippen LogP contribution in [-0.2, 0) is 4.74 Å². The van der Waals surface area contributed by atoms with Gasteiger partial charge in [0, 0.05) is 12.6 Å². The van der Waals surface area contributed by atoms with Crippen molar-refractivity contribution in [3.8, 4) is 0 Å². The fourth-order valence-electron chi connectivity index (χ4n) is 2.51. The van der Waals surface area contributed by atoms with E-state index in [4.69, 9.17) is 4.74 Å². The zero-order valence-electron chi connectivity index (χ0n) is 10.6. The standard InChI is InChI=1S/C13H27NO/c1-4-15-13(9-10-14-11(2)3)12-7-5-6-8-12/h11-14H,4-10H2,1-3H3. The van der Waals surface area contributed by atoms with E-state index >= 15 is 0 Å². The van der Waals surface area contributed by atoms with Gasteiger partial charge in [-0.3, -0.25) is 0 Å². The van der Waals surface area contributed by atoms with Crippen LogP contribution in [0, 0.1) is 5.92 Å². The molecule has 0 aromatic rings. The summed E-state index contributed by atoms with van der Waals surface area (Å²) in [5.74, 6) is 0.832. The van der Waals surface area contributed by atoms with E-state index in [1.165, 1.54) is 32.1 Å². The molecule has 0 saturated heterocycles. The molecule has 0 aromatic heterocycles. The van der Waals surface area contributed by atoms with Crippen LogP contribution < -0.4 is 5.32 Å². The largest absolute Gasteiger partial charge is 0.378 e. The SMILES string of the molecule is CCOC(CCNC(C)C)C1CCCC1. The molecule has 1 atom stereocenters. The number of hydrogen-bond acceptors (Lipinski definition) is 2. The molecule has 0 amide bonds. The van der Waals surface area contributed by atoms with E-state index in [0.29, 0.717) is 12.1 Å². The number of rotatable bonds is 7. The van der Waals surface area contributed by atoms with Gasteiger partial charge in [-0.1, -0.05) is 26.7 Å². The Morgan fingerprint density at radius 1 is 1.27 bits per heavy atom. The first kappa shape index (κ1) is 13.0. The molecule has 1 unspecified atom stereocenters. The van der Waals surface area contributed by atoms with Gasteiger partial charge in [0.15, 0.2) is 0 Å². The summed E-state index contributed by atoms with van der Waals surface area (Å²) in [6, 6.07) is 0.593. The lowest BCUT2D eigenvalue weighted by molar-refractivity contribution is 0.0160. The molecule has 0 aromatic carbocycles. The van der Waals surface area contributed by atoms with Gasteiger partial charge in [-0.05, 0) is 38.6 Å². The van der Waals surface area contributed by atoms with Crippen LogP contribution in [0.3, 0.4) is 0 Å². The van der Waals surface area contributed by atoms with Crippen molar-refractivity contribution in [2.75, 3.05) is 13.2 Å². The van der Waals surface area contributed by atoms with Gasteiger partial charge in [0.25, 0.3) is 0 Å². The first-order valence-electron chi connectivity index (χ1n) is 6.59. The van der Waals surface area contributed by atoms with E-state index < -0.39 is 0 Å². The second-order valence-corrected chi connectivity index (χ2v) is 4.94. The van der Waals surface area contributed by atoms with Crippen molar-refractivity contribution in [2.24, 2.45) is 5.92 Å². The Morgan fingerprint density at radius 3 is 2.47 bits per heavy atom. The third-order valence-corrected chi connectivity index (χ3v) is 3.29. The van der Waals surface area contributed by atoms with Crippen LogP contribution in [0.5, 0.6) is 0 Å². The number of nitrogens with one attached hydrogen (secondary N) is 1. The molecule has 1 aliphatic rings. The lowest BCUT2D eigenvalue weighted by Gasteiger charge is -2.24. The number of hydrogen-bond donors (Lipinski definition) is 1. The van der Waals surface area contributed by atoms with E-state index in [9.17, 15) is 0 Å². The highest BCUT2D eigenvalue weighted by atomic mass is 16.5. The van der Waals surface area contributed by atoms with Gasteiger partial charge in [-0.15, -0.1) is 0 Å². The third-order valence-electron chi connectivity index (χ3n) is 3.29. The summed E-state index contributed by atoms with van der Waals surface area (Å²) in [5.41, 5.74) is 0. The van der Waals surface area contributed by atoms with E-state index in [-0.39, 0.29) is 0 Å². The second-order valence-electron chi connectivity index (χ2n) is 4.94. The predicted octanol–water partition coefficient (Wildman–Crippen LogP) is 2.97. The van der Waals surface area contributed by atoms with Crippen molar-refractivity contribution in [3.05, 3.63) is 0 Å². The quantitative estimate of drug-likeness (QED) is 0.702. The Morgan fingerprint density at radius 2 is 1.93 bits per heavy atom. The minimum Gasteiger partial charge on any atom is -0.378 e. The lowest BCUT2D eigenvalue weighted by Crippen LogP contribution is -2.30. The van der Waals surface area contributed by atoms with E-state index in [2.05, 4.69) is 26.1 Å². The zero-order valence-corrected chi connectivity index (χ0v) is 10.6. The molecule has 1 N–H and O–H groups in total. The van der Waals surface area contributed by atoms with Crippen LogP contribution in [0.1, 0.15) is 52.9 Å². The Labute approximate surface area is 94.8 Å². The first-order valence-corrected chi connectivity index (χ1v) is 6.59. The summed E-state index contributed by atoms with van der Waals surface area (Å²) < 4.78 is 5.87. The van der Waals surface area contributed by atoms with Gasteiger partial charge in [-0.2, -0.15) is 0 Å². The van der Waals surface area contributed by atoms with Gasteiger partial charge in [0.05, 0.1) is 6.10 Å². The molecule has 1 saturated carbocycles. The minimum atomic E-state index is 0.503. The smallest absolute Gasteiger partial charge is 0.0615 e. The third kappa shape index (κ3) is 4.98. The zero-order chi connectivity index (χ0) is 11.1. The van der Waals surface area contributed by atoms with Gasteiger partial charge in [0.2, 0.25) is 0 Å². The molecular formula is C13H27NO. The molecule has 15 heavy (non-hydrogen) atoms. The molecule has 0 bridgehead atoms. The lowest BCUT2D eigenvalue weighted by atomic mass is 9.98. The Kier molecular flexibility index (Phi) is 6.26. The molecule has 1 fully saturated rings. The van der Waals surface area contributed by atoms with Crippen molar-refractivity contribution in [1.29, 1.82) is 0 Å². The minimum absolute atomic E-state index is 0.503. The van der Waals surface area contributed by atoms with Crippen LogP contribution in [-0.4, -0.2) is 25.3 Å². The van der Waals surface area contributed by atoms with E-state index in [0.717, 1.165) is 19.1 Å². The summed E-state index contributed by atoms with van der Waals surface area (Å²) in [4.78, 5) is 0. The van der Waals surface area contributed by atoms with Crippen LogP contribution in [0.15, 0.2) is 0 Å². The van der Waals surface area contributed by atoms with Crippen LogP contribution in [0.25, 0.3) is 0 Å². The molecule has 0 spiro atoms. The van der Waals surface area contributed by atoms with Gasteiger partial charge < -0.3 is 10.1 Å². The molecule has 2 heteroatoms. The summed E-state index contributed by atoms with van der Waals surface area (Å²) >= 11 is 0. The van der Waals surface area contributed by atoms with Gasteiger partial charge in [-0.25, -0.2) is 0 Å². The highest BCUT2D eigenvalue weighted by molar-refractivity contribution is 4.76. The molecule has 2 nitrogen and oxygen atoms in total. The summed E-state index contributed by atoms with van der Waals surface area (Å²) in [6.45, 7) is 8.47. The van der Waals surface area contributed by atoms with Crippen LogP contribution in [0.2, 0.25) is 0 Å². The number of ether oxygens (including phenoxy) is 1. The fraction of sp³-hybridized carbons (Fsp3) is 1.00. The summed E-state index contributed by atoms with van der Waals surface area (Å²) in [7, 11) is 0. The normalized spacial score (nSPS) is 20.0. The topological polar surface area (TPSA) is 21.3 Å². The van der Waals surface area contributed by atoms with Gasteiger partial charge in [0.1, 0.15) is 0 Å². The van der Waals surface area contributed by atoms with Crippen molar-refractivity contribution in [1.82, 2.24) is 5.32 Å². The molecule has 0 radical (unpaired) electrons. The maximum atomic E-state index is 5.87.